The number of rotatable bonds is 7. The van der Waals surface area contributed by atoms with Crippen molar-refractivity contribution in [3.05, 3.63) is 24.3 Å². The van der Waals surface area contributed by atoms with Gasteiger partial charge in [-0.2, -0.15) is 0 Å². The fourth-order valence-corrected chi connectivity index (χ4v) is 1.22. The summed E-state index contributed by atoms with van der Waals surface area (Å²) >= 11 is 0. The van der Waals surface area contributed by atoms with E-state index in [0.29, 0.717) is 13.2 Å². The van der Waals surface area contributed by atoms with Crippen LogP contribution in [0, 0.1) is 5.41 Å². The molecule has 0 saturated heterocycles. The summed E-state index contributed by atoms with van der Waals surface area (Å²) in [6, 6.07) is 7.63. The zero-order valence-electron chi connectivity index (χ0n) is 10.9. The Hall–Kier alpha value is -1.22. The van der Waals surface area contributed by atoms with Crippen molar-refractivity contribution in [2.75, 3.05) is 19.8 Å². The Morgan fingerprint density at radius 1 is 1.12 bits per heavy atom. The summed E-state index contributed by atoms with van der Waals surface area (Å²) in [5.74, 6) is 1.51. The van der Waals surface area contributed by atoms with E-state index in [-0.39, 0.29) is 12.0 Å². The van der Waals surface area contributed by atoms with Crippen molar-refractivity contribution < 1.29 is 14.6 Å². The van der Waals surface area contributed by atoms with Crippen molar-refractivity contribution in [2.24, 2.45) is 5.41 Å². The quantitative estimate of drug-likeness (QED) is 0.794. The number of hydrogen-bond acceptors (Lipinski definition) is 3. The molecule has 0 aliphatic carbocycles. The summed E-state index contributed by atoms with van der Waals surface area (Å²) in [5.41, 5.74) is -0.238. The molecule has 0 aliphatic heterocycles. The van der Waals surface area contributed by atoms with Crippen LogP contribution in [-0.2, 0) is 0 Å². The first-order valence-corrected chi connectivity index (χ1v) is 6.04. The Kier molecular flexibility index (Phi) is 5.29. The molecule has 0 aliphatic rings. The number of ether oxygens (including phenoxy) is 2. The molecule has 0 amide bonds. The van der Waals surface area contributed by atoms with E-state index in [0.717, 1.165) is 17.9 Å². The van der Waals surface area contributed by atoms with Crippen molar-refractivity contribution in [2.45, 2.75) is 27.2 Å². The summed E-state index contributed by atoms with van der Waals surface area (Å²) in [6.07, 6.45) is 0.969. The van der Waals surface area contributed by atoms with Crippen LogP contribution in [0.2, 0.25) is 0 Å². The Morgan fingerprint density at radius 2 is 1.71 bits per heavy atom. The van der Waals surface area contributed by atoms with Crippen LogP contribution >= 0.6 is 0 Å². The van der Waals surface area contributed by atoms with Gasteiger partial charge in [0.25, 0.3) is 0 Å². The first kappa shape index (κ1) is 13.8. The molecule has 0 unspecified atom stereocenters. The van der Waals surface area contributed by atoms with Crippen LogP contribution in [0.4, 0.5) is 0 Å². The second-order valence-corrected chi connectivity index (χ2v) is 4.91. The molecular formula is C14H22O3. The van der Waals surface area contributed by atoms with Gasteiger partial charge in [0.05, 0.1) is 19.8 Å². The van der Waals surface area contributed by atoms with E-state index in [2.05, 4.69) is 6.92 Å². The highest BCUT2D eigenvalue weighted by molar-refractivity contribution is 5.39. The fraction of sp³-hybridized carbons (Fsp3) is 0.571. The number of benzene rings is 1. The van der Waals surface area contributed by atoms with Gasteiger partial charge >= 0.3 is 0 Å². The van der Waals surface area contributed by atoms with E-state index < -0.39 is 0 Å². The lowest BCUT2D eigenvalue weighted by Crippen LogP contribution is -2.25. The van der Waals surface area contributed by atoms with Gasteiger partial charge in [-0.05, 0) is 18.6 Å². The third-order valence-corrected chi connectivity index (χ3v) is 2.36. The normalized spacial score (nSPS) is 11.3. The van der Waals surface area contributed by atoms with Gasteiger partial charge in [-0.25, -0.2) is 0 Å². The van der Waals surface area contributed by atoms with Crippen LogP contribution in [0.15, 0.2) is 24.3 Å². The van der Waals surface area contributed by atoms with Gasteiger partial charge in [0, 0.05) is 5.41 Å². The Bertz CT molecular complexity index is 334. The van der Waals surface area contributed by atoms with E-state index in [9.17, 15) is 5.11 Å². The zero-order chi connectivity index (χ0) is 12.7. The van der Waals surface area contributed by atoms with Crippen LogP contribution in [0.25, 0.3) is 0 Å². The summed E-state index contributed by atoms with van der Waals surface area (Å²) in [4.78, 5) is 0. The summed E-state index contributed by atoms with van der Waals surface area (Å²) in [6.45, 7) is 7.24. The highest BCUT2D eigenvalue weighted by Crippen LogP contribution is 2.28. The van der Waals surface area contributed by atoms with E-state index in [1.807, 2.05) is 38.1 Å². The van der Waals surface area contributed by atoms with E-state index in [1.54, 1.807) is 0 Å². The van der Waals surface area contributed by atoms with Crippen LogP contribution < -0.4 is 9.47 Å². The molecule has 0 saturated carbocycles. The maximum atomic E-state index is 9.17. The molecule has 0 bridgehead atoms. The molecule has 1 rings (SSSR count). The van der Waals surface area contributed by atoms with Gasteiger partial charge in [0.15, 0.2) is 11.5 Å². The van der Waals surface area contributed by atoms with Gasteiger partial charge < -0.3 is 14.6 Å². The van der Waals surface area contributed by atoms with Gasteiger partial charge in [-0.1, -0.05) is 32.9 Å². The summed E-state index contributed by atoms with van der Waals surface area (Å²) < 4.78 is 11.3. The minimum Gasteiger partial charge on any atom is -0.490 e. The predicted octanol–water partition coefficient (Wildman–Crippen LogP) is 2.87. The molecular weight excluding hydrogens is 216 g/mol. The lowest BCUT2D eigenvalue weighted by molar-refractivity contribution is 0.0953. The Labute approximate surface area is 103 Å². The smallest absolute Gasteiger partial charge is 0.161 e. The second kappa shape index (κ2) is 6.50. The summed E-state index contributed by atoms with van der Waals surface area (Å²) in [7, 11) is 0. The van der Waals surface area contributed by atoms with Crippen molar-refractivity contribution in [3.8, 4) is 11.5 Å². The lowest BCUT2D eigenvalue weighted by Gasteiger charge is -2.22. The van der Waals surface area contributed by atoms with E-state index in [1.165, 1.54) is 0 Å². The van der Waals surface area contributed by atoms with Gasteiger partial charge in [0.2, 0.25) is 0 Å². The summed E-state index contributed by atoms with van der Waals surface area (Å²) in [5, 5.41) is 9.17. The molecule has 1 aromatic carbocycles. The van der Waals surface area contributed by atoms with Crippen molar-refractivity contribution in [3.63, 3.8) is 0 Å². The Balaban J connectivity index is 2.63. The number of hydrogen-bond donors (Lipinski definition) is 1. The van der Waals surface area contributed by atoms with Gasteiger partial charge in [0.1, 0.15) is 0 Å². The largest absolute Gasteiger partial charge is 0.490 e. The second-order valence-electron chi connectivity index (χ2n) is 4.91. The van der Waals surface area contributed by atoms with Crippen LogP contribution in [-0.4, -0.2) is 24.9 Å². The maximum absolute atomic E-state index is 9.17. The lowest BCUT2D eigenvalue weighted by atomic mass is 9.96. The molecule has 0 radical (unpaired) electrons. The highest BCUT2D eigenvalue weighted by atomic mass is 16.5. The van der Waals surface area contributed by atoms with Gasteiger partial charge in [-0.3, -0.25) is 0 Å². The third kappa shape index (κ3) is 4.65. The van der Waals surface area contributed by atoms with Crippen LogP contribution in [0.3, 0.4) is 0 Å². The monoisotopic (exact) mass is 238 g/mol. The topological polar surface area (TPSA) is 38.7 Å². The van der Waals surface area contributed by atoms with E-state index >= 15 is 0 Å². The number of aliphatic hydroxyl groups excluding tert-OH is 1. The molecule has 3 heteroatoms. The molecule has 0 atom stereocenters. The van der Waals surface area contributed by atoms with Crippen LogP contribution in [0.1, 0.15) is 27.2 Å². The average molecular weight is 238 g/mol. The average Bonchev–Trinajstić information content (AvgIpc) is 2.35. The highest BCUT2D eigenvalue weighted by Gasteiger charge is 2.18. The molecule has 96 valence electrons. The minimum absolute atomic E-state index is 0.102. The molecule has 0 aromatic heterocycles. The number of aliphatic hydroxyl groups is 1. The van der Waals surface area contributed by atoms with Crippen molar-refractivity contribution in [1.29, 1.82) is 0 Å². The van der Waals surface area contributed by atoms with Crippen molar-refractivity contribution in [1.82, 2.24) is 0 Å². The van der Waals surface area contributed by atoms with Gasteiger partial charge in [-0.15, -0.1) is 0 Å². The predicted molar refractivity (Wildman–Crippen MR) is 68.6 cm³/mol. The standard InChI is InChI=1S/C14H22O3/c1-4-9-16-12-7-5-6-8-13(12)17-11-14(2,3)10-15/h5-8,15H,4,9-11H2,1-3H3. The third-order valence-electron chi connectivity index (χ3n) is 2.36. The molecule has 0 fully saturated rings. The minimum atomic E-state index is -0.238. The molecule has 1 N–H and O–H groups in total. The first-order chi connectivity index (χ1) is 8.09. The molecule has 1 aromatic rings. The van der Waals surface area contributed by atoms with Crippen LogP contribution in [0.5, 0.6) is 11.5 Å². The first-order valence-electron chi connectivity index (χ1n) is 6.04. The van der Waals surface area contributed by atoms with E-state index in [4.69, 9.17) is 9.47 Å². The molecule has 0 heterocycles. The molecule has 17 heavy (non-hydrogen) atoms. The maximum Gasteiger partial charge on any atom is 0.161 e. The molecule has 3 nitrogen and oxygen atoms in total. The SMILES string of the molecule is CCCOc1ccccc1OCC(C)(C)CO. The fourth-order valence-electron chi connectivity index (χ4n) is 1.22. The number of para-hydroxylation sites is 2. The molecule has 0 spiro atoms. The Morgan fingerprint density at radius 3 is 2.24 bits per heavy atom. The van der Waals surface area contributed by atoms with Crippen molar-refractivity contribution >= 4 is 0 Å². The zero-order valence-corrected chi connectivity index (χ0v) is 10.9.